The molecule has 0 atom stereocenters. The van der Waals surface area contributed by atoms with E-state index in [4.69, 9.17) is 0 Å². The maximum absolute atomic E-state index is 4.51. The smallest absolute Gasteiger partial charge is 0.185 e. The summed E-state index contributed by atoms with van der Waals surface area (Å²) in [5.74, 6) is 0. The van der Waals surface area contributed by atoms with Crippen LogP contribution in [0.5, 0.6) is 0 Å². The first kappa shape index (κ1) is 9.93. The molecule has 1 aromatic heterocycles. The third-order valence-electron chi connectivity index (χ3n) is 2.70. The van der Waals surface area contributed by atoms with Crippen LogP contribution >= 0.6 is 11.3 Å². The maximum atomic E-state index is 4.51. The van der Waals surface area contributed by atoms with Crippen LogP contribution in [0.1, 0.15) is 12.6 Å². The average molecular weight is 211 g/mol. The molecular formula is C10H17N3S. The van der Waals surface area contributed by atoms with Crippen molar-refractivity contribution in [1.82, 2.24) is 9.88 Å². The number of anilines is 1. The Bertz CT molecular complexity index is 289. The van der Waals surface area contributed by atoms with Gasteiger partial charge in [0.15, 0.2) is 5.13 Å². The number of rotatable bonds is 2. The van der Waals surface area contributed by atoms with E-state index < -0.39 is 0 Å². The van der Waals surface area contributed by atoms with Gasteiger partial charge in [0.2, 0.25) is 0 Å². The van der Waals surface area contributed by atoms with Crippen molar-refractivity contribution in [3.05, 3.63) is 11.1 Å². The summed E-state index contributed by atoms with van der Waals surface area (Å²) >= 11 is 1.76. The van der Waals surface area contributed by atoms with E-state index >= 15 is 0 Å². The van der Waals surface area contributed by atoms with Crippen molar-refractivity contribution in [3.63, 3.8) is 0 Å². The van der Waals surface area contributed by atoms with Crippen molar-refractivity contribution >= 4 is 16.5 Å². The number of aromatic nitrogens is 1. The van der Waals surface area contributed by atoms with Gasteiger partial charge in [-0.2, -0.15) is 0 Å². The molecule has 0 aromatic carbocycles. The van der Waals surface area contributed by atoms with Crippen molar-refractivity contribution in [2.75, 3.05) is 37.6 Å². The SMILES string of the molecule is CCN1CCN(c2nc(C)cs2)CC1. The quantitative estimate of drug-likeness (QED) is 0.740. The van der Waals surface area contributed by atoms with E-state index in [0.29, 0.717) is 0 Å². The monoisotopic (exact) mass is 211 g/mol. The molecule has 2 heterocycles. The zero-order valence-electron chi connectivity index (χ0n) is 8.86. The molecule has 0 amide bonds. The highest BCUT2D eigenvalue weighted by Gasteiger charge is 2.17. The minimum atomic E-state index is 1.13. The molecule has 0 spiro atoms. The molecule has 3 nitrogen and oxygen atoms in total. The van der Waals surface area contributed by atoms with E-state index in [1.54, 1.807) is 11.3 Å². The number of hydrogen-bond donors (Lipinski definition) is 0. The molecule has 14 heavy (non-hydrogen) atoms. The van der Waals surface area contributed by atoms with E-state index in [2.05, 4.69) is 34.0 Å². The van der Waals surface area contributed by atoms with Crippen LogP contribution in [-0.4, -0.2) is 42.6 Å². The summed E-state index contributed by atoms with van der Waals surface area (Å²) in [6.45, 7) is 10.1. The van der Waals surface area contributed by atoms with Gasteiger partial charge in [0.05, 0.1) is 5.69 Å². The van der Waals surface area contributed by atoms with E-state index in [0.717, 1.165) is 18.8 Å². The predicted octanol–water partition coefficient (Wildman–Crippen LogP) is 1.59. The van der Waals surface area contributed by atoms with Crippen LogP contribution in [-0.2, 0) is 0 Å². The maximum Gasteiger partial charge on any atom is 0.185 e. The molecule has 1 saturated heterocycles. The second-order valence-electron chi connectivity index (χ2n) is 3.69. The first-order valence-corrected chi connectivity index (χ1v) is 6.07. The van der Waals surface area contributed by atoms with E-state index in [-0.39, 0.29) is 0 Å². The molecule has 1 fully saturated rings. The Morgan fingerprint density at radius 1 is 1.36 bits per heavy atom. The molecule has 0 radical (unpaired) electrons. The summed E-state index contributed by atoms with van der Waals surface area (Å²) in [6.07, 6.45) is 0. The molecule has 1 aliphatic rings. The van der Waals surface area contributed by atoms with Gasteiger partial charge in [-0.25, -0.2) is 4.98 Å². The van der Waals surface area contributed by atoms with Crippen molar-refractivity contribution in [2.24, 2.45) is 0 Å². The van der Waals surface area contributed by atoms with Gasteiger partial charge in [-0.1, -0.05) is 6.92 Å². The number of piperazine rings is 1. The van der Waals surface area contributed by atoms with Crippen LogP contribution < -0.4 is 4.90 Å². The molecule has 2 rings (SSSR count). The number of thiazole rings is 1. The fraction of sp³-hybridized carbons (Fsp3) is 0.700. The Morgan fingerprint density at radius 3 is 2.57 bits per heavy atom. The molecule has 0 unspecified atom stereocenters. The summed E-state index contributed by atoms with van der Waals surface area (Å²) in [5.41, 5.74) is 1.14. The zero-order chi connectivity index (χ0) is 9.97. The lowest BCUT2D eigenvalue weighted by atomic mass is 10.3. The van der Waals surface area contributed by atoms with Gasteiger partial charge in [0, 0.05) is 31.6 Å². The van der Waals surface area contributed by atoms with E-state index in [1.165, 1.54) is 24.8 Å². The Hall–Kier alpha value is -0.610. The molecule has 0 saturated carbocycles. The Kier molecular flexibility index (Phi) is 3.03. The van der Waals surface area contributed by atoms with E-state index in [9.17, 15) is 0 Å². The number of aryl methyl sites for hydroxylation is 1. The third-order valence-corrected chi connectivity index (χ3v) is 3.72. The van der Waals surface area contributed by atoms with Gasteiger partial charge >= 0.3 is 0 Å². The Labute approximate surface area is 89.4 Å². The van der Waals surface area contributed by atoms with Crippen LogP contribution in [0.3, 0.4) is 0 Å². The van der Waals surface area contributed by atoms with Gasteiger partial charge < -0.3 is 9.80 Å². The van der Waals surface area contributed by atoms with Gasteiger partial charge in [-0.3, -0.25) is 0 Å². The van der Waals surface area contributed by atoms with Gasteiger partial charge in [0.25, 0.3) is 0 Å². The highest BCUT2D eigenvalue weighted by Crippen LogP contribution is 2.21. The molecule has 0 bridgehead atoms. The summed E-state index contributed by atoms with van der Waals surface area (Å²) < 4.78 is 0. The molecule has 1 aromatic rings. The largest absolute Gasteiger partial charge is 0.346 e. The topological polar surface area (TPSA) is 19.4 Å². The van der Waals surface area contributed by atoms with Crippen molar-refractivity contribution in [1.29, 1.82) is 0 Å². The standard InChI is InChI=1S/C10H17N3S/c1-3-12-4-6-13(7-5-12)10-11-9(2)8-14-10/h8H,3-7H2,1-2H3. The minimum absolute atomic E-state index is 1.13. The molecule has 0 aliphatic carbocycles. The fourth-order valence-electron chi connectivity index (χ4n) is 1.74. The second kappa shape index (κ2) is 4.28. The van der Waals surface area contributed by atoms with Crippen LogP contribution in [0.25, 0.3) is 0 Å². The Morgan fingerprint density at radius 2 is 2.07 bits per heavy atom. The summed E-state index contributed by atoms with van der Waals surface area (Å²) in [5, 5.41) is 3.32. The fourth-order valence-corrected chi connectivity index (χ4v) is 2.60. The average Bonchev–Trinajstić information content (AvgIpc) is 2.65. The van der Waals surface area contributed by atoms with Gasteiger partial charge in [-0.05, 0) is 13.5 Å². The van der Waals surface area contributed by atoms with Crippen LogP contribution in [0, 0.1) is 6.92 Å². The predicted molar refractivity (Wildman–Crippen MR) is 61.2 cm³/mol. The van der Waals surface area contributed by atoms with Crippen LogP contribution in [0.15, 0.2) is 5.38 Å². The summed E-state index contributed by atoms with van der Waals surface area (Å²) in [4.78, 5) is 9.39. The van der Waals surface area contributed by atoms with Crippen molar-refractivity contribution < 1.29 is 0 Å². The summed E-state index contributed by atoms with van der Waals surface area (Å²) in [7, 11) is 0. The van der Waals surface area contributed by atoms with Crippen molar-refractivity contribution in [2.45, 2.75) is 13.8 Å². The highest BCUT2D eigenvalue weighted by atomic mass is 32.1. The van der Waals surface area contributed by atoms with Gasteiger partial charge in [0.1, 0.15) is 0 Å². The molecule has 78 valence electrons. The first-order chi connectivity index (χ1) is 6.79. The molecular weight excluding hydrogens is 194 g/mol. The Balaban J connectivity index is 1.95. The number of hydrogen-bond acceptors (Lipinski definition) is 4. The lowest BCUT2D eigenvalue weighted by Gasteiger charge is -2.33. The highest BCUT2D eigenvalue weighted by molar-refractivity contribution is 7.13. The normalized spacial score (nSPS) is 18.9. The molecule has 4 heteroatoms. The lowest BCUT2D eigenvalue weighted by molar-refractivity contribution is 0.271. The van der Waals surface area contributed by atoms with E-state index in [1.807, 2.05) is 0 Å². The zero-order valence-corrected chi connectivity index (χ0v) is 9.68. The van der Waals surface area contributed by atoms with Crippen LogP contribution in [0.4, 0.5) is 5.13 Å². The summed E-state index contributed by atoms with van der Waals surface area (Å²) in [6, 6.07) is 0. The van der Waals surface area contributed by atoms with Crippen molar-refractivity contribution in [3.8, 4) is 0 Å². The number of nitrogens with zero attached hydrogens (tertiary/aromatic N) is 3. The number of likely N-dealkylation sites (N-methyl/N-ethyl adjacent to an activating group) is 1. The van der Waals surface area contributed by atoms with Crippen LogP contribution in [0.2, 0.25) is 0 Å². The lowest BCUT2D eigenvalue weighted by Crippen LogP contribution is -2.46. The second-order valence-corrected chi connectivity index (χ2v) is 4.53. The molecule has 0 N–H and O–H groups in total. The third kappa shape index (κ3) is 2.07. The molecule has 1 aliphatic heterocycles. The minimum Gasteiger partial charge on any atom is -0.346 e. The van der Waals surface area contributed by atoms with Gasteiger partial charge in [-0.15, -0.1) is 11.3 Å². The first-order valence-electron chi connectivity index (χ1n) is 5.19.